The number of hydrogen-bond donors (Lipinski definition) is 2. The summed E-state index contributed by atoms with van der Waals surface area (Å²) in [6.07, 6.45) is 2.31. The molecule has 0 spiro atoms. The van der Waals surface area contributed by atoms with Crippen molar-refractivity contribution in [2.24, 2.45) is 4.99 Å². The van der Waals surface area contributed by atoms with Gasteiger partial charge in [0.15, 0.2) is 5.96 Å². The molecule has 0 radical (unpaired) electrons. The first kappa shape index (κ1) is 15.8. The summed E-state index contributed by atoms with van der Waals surface area (Å²) in [4.78, 5) is 4.19. The first-order valence-electron chi connectivity index (χ1n) is 6.48. The van der Waals surface area contributed by atoms with Gasteiger partial charge in [-0.3, -0.25) is 4.99 Å². The van der Waals surface area contributed by atoms with Gasteiger partial charge in [-0.2, -0.15) is 0 Å². The molecule has 0 fully saturated rings. The molecule has 2 N–H and O–H groups in total. The van der Waals surface area contributed by atoms with Crippen LogP contribution >= 0.6 is 15.9 Å². The maximum absolute atomic E-state index is 5.34. The molecule has 1 aromatic rings. The van der Waals surface area contributed by atoms with E-state index in [0.717, 1.165) is 34.7 Å². The molecule has 1 aromatic carbocycles. The quantitative estimate of drug-likeness (QED) is 0.479. The van der Waals surface area contributed by atoms with E-state index >= 15 is 0 Å². The number of rotatable bonds is 6. The number of hydrogen-bond acceptors (Lipinski definition) is 2. The Morgan fingerprint density at radius 1 is 1.37 bits per heavy atom. The minimum atomic E-state index is 0.675. The number of nitrogens with one attached hydrogen (secondary N) is 2. The highest BCUT2D eigenvalue weighted by molar-refractivity contribution is 9.10. The monoisotopic (exact) mass is 327 g/mol. The molecule has 5 heteroatoms. The van der Waals surface area contributed by atoms with Crippen LogP contribution in [0.1, 0.15) is 25.3 Å². The van der Waals surface area contributed by atoms with E-state index in [4.69, 9.17) is 4.74 Å². The maximum atomic E-state index is 5.34. The van der Waals surface area contributed by atoms with Crippen molar-refractivity contribution in [2.45, 2.75) is 26.3 Å². The summed E-state index contributed by atoms with van der Waals surface area (Å²) in [5, 5.41) is 6.56. The van der Waals surface area contributed by atoms with Crippen molar-refractivity contribution in [3.8, 4) is 5.75 Å². The van der Waals surface area contributed by atoms with Gasteiger partial charge in [0.05, 0.1) is 7.11 Å². The van der Waals surface area contributed by atoms with Crippen LogP contribution in [0.15, 0.2) is 27.7 Å². The molecule has 0 bridgehead atoms. The number of benzene rings is 1. The lowest BCUT2D eigenvalue weighted by Crippen LogP contribution is -2.37. The summed E-state index contributed by atoms with van der Waals surface area (Å²) in [7, 11) is 3.46. The summed E-state index contributed by atoms with van der Waals surface area (Å²) in [5.41, 5.74) is 1.09. The second-order valence-corrected chi connectivity index (χ2v) is 5.08. The van der Waals surface area contributed by atoms with Crippen LogP contribution in [0, 0.1) is 0 Å². The molecule has 0 amide bonds. The Morgan fingerprint density at radius 3 is 2.79 bits per heavy atom. The van der Waals surface area contributed by atoms with Crippen molar-refractivity contribution >= 4 is 21.9 Å². The van der Waals surface area contributed by atoms with E-state index in [0.29, 0.717) is 6.54 Å². The summed E-state index contributed by atoms with van der Waals surface area (Å²) >= 11 is 3.47. The second-order valence-electron chi connectivity index (χ2n) is 4.16. The molecular weight excluding hydrogens is 306 g/mol. The standard InChI is InChI=1S/C14H22BrN3O/c1-4-5-8-17-14(16-2)18-10-11-9-12(15)6-7-13(11)19-3/h6-7,9H,4-5,8,10H2,1-3H3,(H2,16,17,18). The lowest BCUT2D eigenvalue weighted by molar-refractivity contribution is 0.409. The summed E-state index contributed by atoms with van der Waals surface area (Å²) in [6, 6.07) is 5.97. The van der Waals surface area contributed by atoms with Crippen LogP contribution in [0.4, 0.5) is 0 Å². The SMILES string of the molecule is CCCCNC(=NC)NCc1cc(Br)ccc1OC. The van der Waals surface area contributed by atoms with E-state index in [9.17, 15) is 0 Å². The molecule has 0 heterocycles. The van der Waals surface area contributed by atoms with Crippen LogP contribution in [0.5, 0.6) is 5.75 Å². The first-order valence-corrected chi connectivity index (χ1v) is 7.27. The molecule has 0 aromatic heterocycles. The largest absolute Gasteiger partial charge is 0.496 e. The Morgan fingerprint density at radius 2 is 2.16 bits per heavy atom. The van der Waals surface area contributed by atoms with E-state index in [2.05, 4.69) is 38.5 Å². The topological polar surface area (TPSA) is 45.7 Å². The maximum Gasteiger partial charge on any atom is 0.191 e. The van der Waals surface area contributed by atoms with Gasteiger partial charge in [0, 0.05) is 30.2 Å². The Labute approximate surface area is 123 Å². The molecule has 0 aliphatic carbocycles. The van der Waals surface area contributed by atoms with Gasteiger partial charge >= 0.3 is 0 Å². The van der Waals surface area contributed by atoms with E-state index in [-0.39, 0.29) is 0 Å². The van der Waals surface area contributed by atoms with Crippen LogP contribution in [0.25, 0.3) is 0 Å². The van der Waals surface area contributed by atoms with Crippen molar-refractivity contribution in [3.63, 3.8) is 0 Å². The second kappa shape index (κ2) is 8.80. The molecule has 0 unspecified atom stereocenters. The fourth-order valence-corrected chi connectivity index (χ4v) is 2.08. The Bertz CT molecular complexity index is 421. The van der Waals surface area contributed by atoms with Crippen LogP contribution in [0.3, 0.4) is 0 Å². The van der Waals surface area contributed by atoms with Crippen molar-refractivity contribution in [2.75, 3.05) is 20.7 Å². The highest BCUT2D eigenvalue weighted by Crippen LogP contribution is 2.22. The molecular formula is C14H22BrN3O. The van der Waals surface area contributed by atoms with Crippen LogP contribution in [-0.2, 0) is 6.54 Å². The van der Waals surface area contributed by atoms with E-state index in [1.165, 1.54) is 6.42 Å². The molecule has 0 saturated carbocycles. The zero-order valence-electron chi connectivity index (χ0n) is 11.8. The summed E-state index contributed by atoms with van der Waals surface area (Å²) in [6.45, 7) is 3.78. The molecule has 106 valence electrons. The van der Waals surface area contributed by atoms with Crippen molar-refractivity contribution in [1.82, 2.24) is 10.6 Å². The van der Waals surface area contributed by atoms with Gasteiger partial charge in [0.25, 0.3) is 0 Å². The first-order chi connectivity index (χ1) is 9.21. The van der Waals surface area contributed by atoms with E-state index in [1.54, 1.807) is 14.2 Å². The lowest BCUT2D eigenvalue weighted by Gasteiger charge is -2.13. The molecule has 0 aliphatic rings. The van der Waals surface area contributed by atoms with Gasteiger partial charge in [-0.15, -0.1) is 0 Å². The smallest absolute Gasteiger partial charge is 0.191 e. The highest BCUT2D eigenvalue weighted by atomic mass is 79.9. The number of guanidine groups is 1. The molecule has 1 rings (SSSR count). The molecule has 0 atom stereocenters. The van der Waals surface area contributed by atoms with Crippen LogP contribution < -0.4 is 15.4 Å². The molecule has 19 heavy (non-hydrogen) atoms. The Kier molecular flexibility index (Phi) is 7.33. The third kappa shape index (κ3) is 5.51. The normalized spacial score (nSPS) is 11.3. The third-order valence-electron chi connectivity index (χ3n) is 2.74. The number of ether oxygens (including phenoxy) is 1. The minimum Gasteiger partial charge on any atom is -0.496 e. The number of unbranched alkanes of at least 4 members (excludes halogenated alkanes) is 1. The third-order valence-corrected chi connectivity index (χ3v) is 3.23. The Balaban J connectivity index is 2.57. The fourth-order valence-electron chi connectivity index (χ4n) is 1.67. The predicted molar refractivity (Wildman–Crippen MR) is 83.8 cm³/mol. The van der Waals surface area contributed by atoms with Crippen LogP contribution in [0.2, 0.25) is 0 Å². The van der Waals surface area contributed by atoms with Gasteiger partial charge in [0.1, 0.15) is 5.75 Å². The van der Waals surface area contributed by atoms with Crippen molar-refractivity contribution in [3.05, 3.63) is 28.2 Å². The lowest BCUT2D eigenvalue weighted by atomic mass is 10.2. The minimum absolute atomic E-state index is 0.675. The summed E-state index contributed by atoms with van der Waals surface area (Å²) in [5.74, 6) is 1.69. The zero-order chi connectivity index (χ0) is 14.1. The van der Waals surface area contributed by atoms with Crippen molar-refractivity contribution in [1.29, 1.82) is 0 Å². The number of aliphatic imine (C=N–C) groups is 1. The zero-order valence-corrected chi connectivity index (χ0v) is 13.4. The Hall–Kier alpha value is -1.23. The highest BCUT2D eigenvalue weighted by Gasteiger charge is 2.04. The fraction of sp³-hybridized carbons (Fsp3) is 0.500. The van der Waals surface area contributed by atoms with Gasteiger partial charge in [-0.25, -0.2) is 0 Å². The number of nitrogens with zero attached hydrogens (tertiary/aromatic N) is 1. The average molecular weight is 328 g/mol. The van der Waals surface area contributed by atoms with Gasteiger partial charge in [0.2, 0.25) is 0 Å². The molecule has 0 aliphatic heterocycles. The van der Waals surface area contributed by atoms with Crippen LogP contribution in [-0.4, -0.2) is 26.7 Å². The van der Waals surface area contributed by atoms with E-state index < -0.39 is 0 Å². The summed E-state index contributed by atoms with van der Waals surface area (Å²) < 4.78 is 6.38. The van der Waals surface area contributed by atoms with Crippen molar-refractivity contribution < 1.29 is 4.74 Å². The van der Waals surface area contributed by atoms with Gasteiger partial charge in [-0.1, -0.05) is 29.3 Å². The predicted octanol–water partition coefficient (Wildman–Crippen LogP) is 2.92. The molecule has 4 nitrogen and oxygen atoms in total. The number of methoxy groups -OCH3 is 1. The van der Waals surface area contributed by atoms with Gasteiger partial charge in [-0.05, 0) is 24.6 Å². The molecule has 0 saturated heterocycles. The van der Waals surface area contributed by atoms with Gasteiger partial charge < -0.3 is 15.4 Å². The van der Waals surface area contributed by atoms with E-state index in [1.807, 2.05) is 18.2 Å². The average Bonchev–Trinajstić information content (AvgIpc) is 2.43. The number of halogens is 1.